The molecule has 0 aliphatic carbocycles. The number of halogens is 4. The van der Waals surface area contributed by atoms with Gasteiger partial charge in [-0.1, -0.05) is 6.07 Å². The van der Waals surface area contributed by atoms with E-state index in [1.807, 2.05) is 0 Å². The first-order valence-electron chi connectivity index (χ1n) is 6.51. The van der Waals surface area contributed by atoms with E-state index in [0.717, 1.165) is 6.07 Å². The number of nitrogens with zero attached hydrogens (tertiary/aromatic N) is 1. The molecule has 2 aromatic rings. The van der Waals surface area contributed by atoms with Crippen molar-refractivity contribution in [2.75, 3.05) is 5.73 Å². The number of rotatable bonds is 5. The van der Waals surface area contributed by atoms with Crippen molar-refractivity contribution in [2.45, 2.75) is 25.9 Å². The second-order valence-electron chi connectivity index (χ2n) is 4.74. The van der Waals surface area contributed by atoms with Crippen molar-refractivity contribution in [3.05, 3.63) is 51.9 Å². The van der Waals surface area contributed by atoms with E-state index >= 15 is 0 Å². The largest absolute Gasteiger partial charge is 0.482 e. The Morgan fingerprint density at radius 3 is 2.73 bits per heavy atom. The summed E-state index contributed by atoms with van der Waals surface area (Å²) >= 11 is 3.24. The highest BCUT2D eigenvalue weighted by Crippen LogP contribution is 2.30. The molecule has 2 N–H and O–H groups in total. The van der Waals surface area contributed by atoms with Crippen LogP contribution < -0.4 is 10.5 Å². The van der Waals surface area contributed by atoms with Crippen LogP contribution in [0, 0.1) is 5.82 Å². The van der Waals surface area contributed by atoms with Crippen LogP contribution in [0.3, 0.4) is 0 Å². The van der Waals surface area contributed by atoms with Crippen LogP contribution in [0.25, 0.3) is 0 Å². The molecule has 7 heteroatoms. The first-order valence-corrected chi connectivity index (χ1v) is 7.30. The predicted molar refractivity (Wildman–Crippen MR) is 81.5 cm³/mol. The number of hydrogen-bond donors (Lipinski definition) is 1. The zero-order valence-electron chi connectivity index (χ0n) is 11.7. The number of aromatic nitrogens is 1. The molecule has 0 spiro atoms. The van der Waals surface area contributed by atoms with E-state index in [9.17, 15) is 13.2 Å². The highest BCUT2D eigenvalue weighted by molar-refractivity contribution is 9.10. The molecule has 0 fully saturated rings. The average molecular weight is 375 g/mol. The number of hydrogen-bond acceptors (Lipinski definition) is 3. The molecule has 1 unspecified atom stereocenters. The van der Waals surface area contributed by atoms with E-state index in [0.29, 0.717) is 21.3 Å². The molecule has 0 saturated heterocycles. The Morgan fingerprint density at radius 2 is 2.05 bits per heavy atom. The van der Waals surface area contributed by atoms with Crippen molar-refractivity contribution in [3.63, 3.8) is 0 Å². The van der Waals surface area contributed by atoms with E-state index in [1.165, 1.54) is 18.3 Å². The Morgan fingerprint density at radius 1 is 1.32 bits per heavy atom. The van der Waals surface area contributed by atoms with Gasteiger partial charge in [0.1, 0.15) is 11.9 Å². The Hall–Kier alpha value is -1.76. The van der Waals surface area contributed by atoms with Gasteiger partial charge < -0.3 is 10.5 Å². The highest BCUT2D eigenvalue weighted by Gasteiger charge is 2.17. The van der Waals surface area contributed by atoms with Crippen molar-refractivity contribution in [2.24, 2.45) is 0 Å². The summed E-state index contributed by atoms with van der Waals surface area (Å²) in [4.78, 5) is 3.93. The summed E-state index contributed by atoms with van der Waals surface area (Å²) < 4.78 is 45.0. The molecular weight excluding hydrogens is 361 g/mol. The van der Waals surface area contributed by atoms with Crippen molar-refractivity contribution >= 4 is 21.7 Å². The third-order valence-corrected chi connectivity index (χ3v) is 3.51. The number of nitrogen functional groups attached to an aromatic ring is 1. The minimum Gasteiger partial charge on any atom is -0.482 e. The van der Waals surface area contributed by atoms with Gasteiger partial charge in [-0.05, 0) is 52.2 Å². The summed E-state index contributed by atoms with van der Waals surface area (Å²) in [5, 5.41) is 0. The lowest BCUT2D eigenvalue weighted by molar-refractivity contribution is 0.147. The molecule has 0 aliphatic rings. The van der Waals surface area contributed by atoms with Gasteiger partial charge in [0.05, 0.1) is 0 Å². The van der Waals surface area contributed by atoms with Crippen LogP contribution in [-0.4, -0.2) is 11.4 Å². The summed E-state index contributed by atoms with van der Waals surface area (Å²) in [6, 6.07) is 5.32. The third-order valence-electron chi connectivity index (χ3n) is 3.07. The van der Waals surface area contributed by atoms with Crippen LogP contribution in [0.1, 0.15) is 24.2 Å². The zero-order chi connectivity index (χ0) is 16.3. The lowest BCUT2D eigenvalue weighted by Gasteiger charge is -2.19. The summed E-state index contributed by atoms with van der Waals surface area (Å²) in [5.74, 6) is -0.0419. The second kappa shape index (κ2) is 7.00. The molecular formula is C15H14BrF3N2O. The number of benzene rings is 1. The maximum Gasteiger partial charge on any atom is 0.242 e. The van der Waals surface area contributed by atoms with E-state index in [4.69, 9.17) is 10.5 Å². The van der Waals surface area contributed by atoms with Crippen LogP contribution >= 0.6 is 15.9 Å². The van der Waals surface area contributed by atoms with Crippen molar-refractivity contribution in [1.29, 1.82) is 0 Å². The number of anilines is 1. The minimum absolute atomic E-state index is 0.168. The number of pyridine rings is 1. The van der Waals surface area contributed by atoms with E-state index in [1.54, 1.807) is 13.0 Å². The summed E-state index contributed by atoms with van der Waals surface area (Å²) in [5.41, 5.74) is 6.41. The first-order chi connectivity index (χ1) is 10.4. The molecule has 22 heavy (non-hydrogen) atoms. The van der Waals surface area contributed by atoms with Crippen LogP contribution in [0.5, 0.6) is 5.75 Å². The predicted octanol–water partition coefficient (Wildman–Crippen LogP) is 4.51. The molecule has 0 radical (unpaired) electrons. The van der Waals surface area contributed by atoms with E-state index < -0.39 is 24.8 Å². The van der Waals surface area contributed by atoms with Crippen LogP contribution in [-0.2, 0) is 6.42 Å². The summed E-state index contributed by atoms with van der Waals surface area (Å²) in [7, 11) is 0. The number of alkyl halides is 2. The van der Waals surface area contributed by atoms with Gasteiger partial charge in [0, 0.05) is 17.1 Å². The van der Waals surface area contributed by atoms with Gasteiger partial charge in [-0.3, -0.25) is 0 Å². The lowest BCUT2D eigenvalue weighted by Crippen LogP contribution is -2.10. The standard InChI is InChI=1S/C15H14BrF3N2O/c1-8(22-13-5-10(16)7-21-15(13)20)12-6-11(17)3-2-9(12)4-14(18)19/h2-3,5-8,14H,4H2,1H3,(H2,20,21). The number of ether oxygens (including phenoxy) is 1. The topological polar surface area (TPSA) is 48.1 Å². The molecule has 118 valence electrons. The fourth-order valence-electron chi connectivity index (χ4n) is 2.08. The second-order valence-corrected chi connectivity index (χ2v) is 5.65. The Kier molecular flexibility index (Phi) is 5.28. The molecule has 2 rings (SSSR count). The Balaban J connectivity index is 2.30. The highest BCUT2D eigenvalue weighted by atomic mass is 79.9. The van der Waals surface area contributed by atoms with Gasteiger partial charge in [0.15, 0.2) is 11.6 Å². The fourth-order valence-corrected chi connectivity index (χ4v) is 2.39. The van der Waals surface area contributed by atoms with Gasteiger partial charge in [-0.2, -0.15) is 0 Å². The molecule has 0 aliphatic heterocycles. The lowest BCUT2D eigenvalue weighted by atomic mass is 10.0. The maximum absolute atomic E-state index is 13.4. The normalized spacial score (nSPS) is 12.5. The third kappa shape index (κ3) is 4.13. The fraction of sp³-hybridized carbons (Fsp3) is 0.267. The maximum atomic E-state index is 13.4. The van der Waals surface area contributed by atoms with Crippen LogP contribution in [0.15, 0.2) is 34.9 Å². The number of nitrogens with two attached hydrogens (primary N) is 1. The van der Waals surface area contributed by atoms with Gasteiger partial charge in [-0.15, -0.1) is 0 Å². The average Bonchev–Trinajstić information content (AvgIpc) is 2.44. The quantitative estimate of drug-likeness (QED) is 0.837. The Labute approximate surface area is 134 Å². The van der Waals surface area contributed by atoms with Crippen molar-refractivity contribution in [3.8, 4) is 5.75 Å². The van der Waals surface area contributed by atoms with Crippen molar-refractivity contribution in [1.82, 2.24) is 4.98 Å². The molecule has 0 saturated carbocycles. The zero-order valence-corrected chi connectivity index (χ0v) is 13.3. The molecule has 1 heterocycles. The monoisotopic (exact) mass is 374 g/mol. The molecule has 0 amide bonds. The van der Waals surface area contributed by atoms with Crippen LogP contribution in [0.2, 0.25) is 0 Å². The molecule has 3 nitrogen and oxygen atoms in total. The van der Waals surface area contributed by atoms with Gasteiger partial charge in [-0.25, -0.2) is 18.2 Å². The van der Waals surface area contributed by atoms with Gasteiger partial charge >= 0.3 is 0 Å². The molecule has 0 bridgehead atoms. The first kappa shape index (κ1) is 16.6. The minimum atomic E-state index is -2.52. The smallest absolute Gasteiger partial charge is 0.242 e. The van der Waals surface area contributed by atoms with Crippen LogP contribution in [0.4, 0.5) is 19.0 Å². The molecule has 1 aromatic carbocycles. The SMILES string of the molecule is CC(Oc1cc(Br)cnc1N)c1cc(F)ccc1CC(F)F. The summed E-state index contributed by atoms with van der Waals surface area (Å²) in [6.07, 6.45) is -2.12. The molecule has 1 atom stereocenters. The van der Waals surface area contributed by atoms with Gasteiger partial charge in [0.2, 0.25) is 6.43 Å². The Bertz CT molecular complexity index is 667. The van der Waals surface area contributed by atoms with E-state index in [2.05, 4.69) is 20.9 Å². The van der Waals surface area contributed by atoms with Crippen molar-refractivity contribution < 1.29 is 17.9 Å². The van der Waals surface area contributed by atoms with Gasteiger partial charge in [0.25, 0.3) is 0 Å². The molecule has 1 aromatic heterocycles. The summed E-state index contributed by atoms with van der Waals surface area (Å²) in [6.45, 7) is 1.64. The van der Waals surface area contributed by atoms with E-state index in [-0.39, 0.29) is 5.82 Å².